The fourth-order valence-electron chi connectivity index (χ4n) is 1.96. The van der Waals surface area contributed by atoms with Gasteiger partial charge in [0.15, 0.2) is 0 Å². The van der Waals surface area contributed by atoms with E-state index in [1.165, 1.54) is 16.0 Å². The number of ether oxygens (including phenoxy) is 1. The molecule has 0 aliphatic carbocycles. The molecule has 0 amide bonds. The van der Waals surface area contributed by atoms with Crippen LogP contribution in [0.15, 0.2) is 52.9 Å². The lowest BCUT2D eigenvalue weighted by Crippen LogP contribution is -2.23. The van der Waals surface area contributed by atoms with Crippen molar-refractivity contribution in [2.75, 3.05) is 0 Å². The monoisotopic (exact) mass is 404 g/mol. The number of nitrogens with one attached hydrogen (secondary N) is 1. The second-order valence-electron chi connectivity index (χ2n) is 4.95. The molecule has 0 aliphatic rings. The van der Waals surface area contributed by atoms with E-state index in [-0.39, 0.29) is 11.4 Å². The van der Waals surface area contributed by atoms with Crippen molar-refractivity contribution in [3.63, 3.8) is 0 Å². The normalized spacial score (nSPS) is 12.3. The molecular formula is C14H11F3N4O3S2. The second kappa shape index (κ2) is 7.05. The van der Waals surface area contributed by atoms with E-state index in [0.717, 1.165) is 29.3 Å². The average molecular weight is 404 g/mol. The van der Waals surface area contributed by atoms with Crippen LogP contribution in [0.4, 0.5) is 13.2 Å². The molecule has 0 spiro atoms. The van der Waals surface area contributed by atoms with Gasteiger partial charge >= 0.3 is 6.36 Å². The van der Waals surface area contributed by atoms with E-state index in [1.54, 1.807) is 6.20 Å². The third-order valence-corrected chi connectivity index (χ3v) is 5.36. The van der Waals surface area contributed by atoms with Gasteiger partial charge in [-0.05, 0) is 41.8 Å². The number of hydrogen-bond donors (Lipinski definition) is 1. The zero-order chi connectivity index (χ0) is 18.8. The Morgan fingerprint density at radius 2 is 1.92 bits per heavy atom. The summed E-state index contributed by atoms with van der Waals surface area (Å²) in [6.07, 6.45) is -3.26. The van der Waals surface area contributed by atoms with Crippen molar-refractivity contribution in [2.24, 2.45) is 0 Å². The first kappa shape index (κ1) is 18.4. The first-order chi connectivity index (χ1) is 12.2. The van der Waals surface area contributed by atoms with Crippen LogP contribution in [0, 0.1) is 0 Å². The highest BCUT2D eigenvalue weighted by molar-refractivity contribution is 7.89. The molecule has 0 aliphatic heterocycles. The van der Waals surface area contributed by atoms with E-state index in [0.29, 0.717) is 5.69 Å². The standard InChI is InChI=1S/C14H11F3N4O3S2/c15-14(16,17)24-11-3-5-12(6-4-11)26(22,23)18-8-10-9-21(20-19-10)13-2-1-7-25-13/h1-7,9,18H,8H2. The SMILES string of the molecule is O=S(=O)(NCc1cn(-c2cccs2)nn1)c1ccc(OC(F)(F)F)cc1. The number of nitrogens with zero attached hydrogens (tertiary/aromatic N) is 3. The van der Waals surface area contributed by atoms with Gasteiger partial charge in [-0.2, -0.15) is 0 Å². The van der Waals surface area contributed by atoms with Crippen molar-refractivity contribution in [1.82, 2.24) is 19.7 Å². The number of rotatable bonds is 6. The topological polar surface area (TPSA) is 86.1 Å². The van der Waals surface area contributed by atoms with Crippen molar-refractivity contribution < 1.29 is 26.3 Å². The average Bonchev–Trinajstić information content (AvgIpc) is 3.23. The number of benzene rings is 1. The molecule has 3 rings (SSSR count). The molecule has 1 aromatic carbocycles. The van der Waals surface area contributed by atoms with Crippen LogP contribution in [-0.4, -0.2) is 29.8 Å². The maximum absolute atomic E-state index is 12.2. The molecule has 3 aromatic rings. The Hall–Kier alpha value is -2.44. The molecule has 12 heteroatoms. The number of alkyl halides is 3. The lowest BCUT2D eigenvalue weighted by atomic mass is 10.3. The molecule has 26 heavy (non-hydrogen) atoms. The Morgan fingerprint density at radius 3 is 2.54 bits per heavy atom. The maximum Gasteiger partial charge on any atom is 0.573 e. The minimum absolute atomic E-state index is 0.117. The van der Waals surface area contributed by atoms with Crippen LogP contribution in [0.5, 0.6) is 5.75 Å². The molecule has 2 heterocycles. The highest BCUT2D eigenvalue weighted by atomic mass is 32.2. The maximum atomic E-state index is 12.2. The number of thiophene rings is 1. The Morgan fingerprint density at radius 1 is 1.19 bits per heavy atom. The highest BCUT2D eigenvalue weighted by Crippen LogP contribution is 2.24. The van der Waals surface area contributed by atoms with E-state index in [1.807, 2.05) is 17.5 Å². The third-order valence-electron chi connectivity index (χ3n) is 3.08. The van der Waals surface area contributed by atoms with Gasteiger partial charge in [0.25, 0.3) is 0 Å². The molecule has 0 bridgehead atoms. The Kier molecular flexibility index (Phi) is 4.98. The Labute approximate surface area is 150 Å². The number of hydrogen-bond acceptors (Lipinski definition) is 6. The van der Waals surface area contributed by atoms with E-state index in [9.17, 15) is 21.6 Å². The van der Waals surface area contributed by atoms with Crippen LogP contribution in [0.3, 0.4) is 0 Å². The molecule has 0 saturated heterocycles. The molecule has 0 fully saturated rings. The molecule has 0 atom stereocenters. The molecule has 2 aromatic heterocycles. The minimum Gasteiger partial charge on any atom is -0.406 e. The van der Waals surface area contributed by atoms with Crippen LogP contribution in [-0.2, 0) is 16.6 Å². The quantitative estimate of drug-likeness (QED) is 0.683. The second-order valence-corrected chi connectivity index (χ2v) is 7.64. The number of aromatic nitrogens is 3. The van der Waals surface area contributed by atoms with Gasteiger partial charge in [-0.1, -0.05) is 5.21 Å². The lowest BCUT2D eigenvalue weighted by molar-refractivity contribution is -0.274. The lowest BCUT2D eigenvalue weighted by Gasteiger charge is -2.09. The van der Waals surface area contributed by atoms with E-state index in [4.69, 9.17) is 0 Å². The number of halogens is 3. The summed E-state index contributed by atoms with van der Waals surface area (Å²) in [4.78, 5) is -0.197. The van der Waals surface area contributed by atoms with Gasteiger partial charge in [-0.15, -0.1) is 29.6 Å². The third kappa shape index (κ3) is 4.59. The van der Waals surface area contributed by atoms with E-state index in [2.05, 4.69) is 19.8 Å². The van der Waals surface area contributed by atoms with Crippen molar-refractivity contribution in [2.45, 2.75) is 17.8 Å². The van der Waals surface area contributed by atoms with Gasteiger partial charge in [0.05, 0.1) is 23.3 Å². The molecular weight excluding hydrogens is 393 g/mol. The zero-order valence-electron chi connectivity index (χ0n) is 12.8. The number of sulfonamides is 1. The summed E-state index contributed by atoms with van der Waals surface area (Å²) < 4.78 is 68.3. The fourth-order valence-corrected chi connectivity index (χ4v) is 3.61. The van der Waals surface area contributed by atoms with Gasteiger partial charge in [0.1, 0.15) is 10.8 Å². The zero-order valence-corrected chi connectivity index (χ0v) is 14.5. The largest absolute Gasteiger partial charge is 0.573 e. The summed E-state index contributed by atoms with van der Waals surface area (Å²) in [5, 5.41) is 10.5. The molecule has 7 nitrogen and oxygen atoms in total. The van der Waals surface area contributed by atoms with Crippen LogP contribution in [0.25, 0.3) is 5.00 Å². The minimum atomic E-state index is -4.84. The first-order valence-corrected chi connectivity index (χ1v) is 9.40. The van der Waals surface area contributed by atoms with Crippen LogP contribution in [0.2, 0.25) is 0 Å². The predicted octanol–water partition coefficient (Wildman–Crippen LogP) is 2.71. The predicted molar refractivity (Wildman–Crippen MR) is 86.4 cm³/mol. The Balaban J connectivity index is 1.65. The summed E-state index contributed by atoms with van der Waals surface area (Å²) in [6.45, 7) is -0.117. The summed E-state index contributed by atoms with van der Waals surface area (Å²) in [6, 6.07) is 7.57. The van der Waals surface area contributed by atoms with Gasteiger partial charge in [-0.3, -0.25) is 0 Å². The summed E-state index contributed by atoms with van der Waals surface area (Å²) in [7, 11) is -3.92. The molecule has 0 unspecified atom stereocenters. The Bertz CT molecular complexity index is 968. The van der Waals surface area contributed by atoms with Crippen molar-refractivity contribution >= 4 is 21.4 Å². The summed E-state index contributed by atoms with van der Waals surface area (Å²) >= 11 is 1.44. The van der Waals surface area contributed by atoms with Crippen molar-refractivity contribution in [1.29, 1.82) is 0 Å². The summed E-state index contributed by atoms with van der Waals surface area (Å²) in [5.74, 6) is -0.504. The van der Waals surface area contributed by atoms with Crippen molar-refractivity contribution in [3.05, 3.63) is 53.7 Å². The molecule has 0 radical (unpaired) electrons. The highest BCUT2D eigenvalue weighted by Gasteiger charge is 2.31. The van der Waals surface area contributed by atoms with Gasteiger partial charge in [-0.25, -0.2) is 17.8 Å². The smallest absolute Gasteiger partial charge is 0.406 e. The van der Waals surface area contributed by atoms with Gasteiger partial charge in [0.2, 0.25) is 10.0 Å². The van der Waals surface area contributed by atoms with Gasteiger partial charge < -0.3 is 4.74 Å². The van der Waals surface area contributed by atoms with Gasteiger partial charge in [0, 0.05) is 0 Å². The fraction of sp³-hybridized carbons (Fsp3) is 0.143. The van der Waals surface area contributed by atoms with Crippen molar-refractivity contribution in [3.8, 4) is 10.8 Å². The van der Waals surface area contributed by atoms with Crippen LogP contribution >= 0.6 is 11.3 Å². The molecule has 138 valence electrons. The van der Waals surface area contributed by atoms with E-state index >= 15 is 0 Å². The first-order valence-electron chi connectivity index (χ1n) is 7.03. The van der Waals surface area contributed by atoms with Crippen LogP contribution < -0.4 is 9.46 Å². The van der Waals surface area contributed by atoms with E-state index < -0.39 is 22.1 Å². The molecule has 0 saturated carbocycles. The summed E-state index contributed by atoms with van der Waals surface area (Å²) in [5.41, 5.74) is 0.388. The van der Waals surface area contributed by atoms with Crippen LogP contribution in [0.1, 0.15) is 5.69 Å². The molecule has 1 N–H and O–H groups in total.